The van der Waals surface area contributed by atoms with Crippen LogP contribution in [0.2, 0.25) is 0 Å². The van der Waals surface area contributed by atoms with Gasteiger partial charge >= 0.3 is 0 Å². The van der Waals surface area contributed by atoms with Gasteiger partial charge in [-0.15, -0.1) is 0 Å². The van der Waals surface area contributed by atoms with Crippen LogP contribution in [0, 0.1) is 0 Å². The van der Waals surface area contributed by atoms with E-state index >= 15 is 0 Å². The third-order valence-electron chi connectivity index (χ3n) is 2.60. The summed E-state index contributed by atoms with van der Waals surface area (Å²) in [6.07, 6.45) is 10.4. The fourth-order valence-corrected chi connectivity index (χ4v) is 2.48. The van der Waals surface area contributed by atoms with Crippen LogP contribution in [-0.2, 0) is 13.0 Å². The molecule has 1 atom stereocenters. The molecule has 0 radical (unpaired) electrons. The predicted molar refractivity (Wildman–Crippen MR) is 68.5 cm³/mol. The van der Waals surface area contributed by atoms with Crippen LogP contribution in [0.25, 0.3) is 0 Å². The molecule has 0 bridgehead atoms. The van der Waals surface area contributed by atoms with Gasteiger partial charge in [-0.2, -0.15) is 5.10 Å². The van der Waals surface area contributed by atoms with Crippen LogP contribution in [0.5, 0.6) is 0 Å². The minimum absolute atomic E-state index is 0.698. The highest BCUT2D eigenvalue weighted by atomic mass is 79.9. The van der Waals surface area contributed by atoms with Crippen molar-refractivity contribution in [1.82, 2.24) is 9.78 Å². The zero-order chi connectivity index (χ0) is 11.1. The second-order valence-electron chi connectivity index (χ2n) is 3.98. The van der Waals surface area contributed by atoms with E-state index in [1.165, 1.54) is 31.2 Å². The number of hydrogen-bond donors (Lipinski definition) is 0. The third-order valence-corrected chi connectivity index (χ3v) is 3.51. The average molecular weight is 273 g/mol. The van der Waals surface area contributed by atoms with Gasteiger partial charge in [0.05, 0.1) is 6.20 Å². The largest absolute Gasteiger partial charge is 0.273 e. The Balaban J connectivity index is 2.19. The molecule has 1 rings (SSSR count). The van der Waals surface area contributed by atoms with E-state index in [2.05, 4.69) is 41.1 Å². The molecule has 86 valence electrons. The maximum atomic E-state index is 4.27. The monoisotopic (exact) mass is 272 g/mol. The average Bonchev–Trinajstić information content (AvgIpc) is 2.66. The first-order valence-corrected chi connectivity index (χ1v) is 6.83. The maximum Gasteiger partial charge on any atom is 0.0521 e. The summed E-state index contributed by atoms with van der Waals surface area (Å²) in [4.78, 5) is 0.698. The van der Waals surface area contributed by atoms with Crippen LogP contribution in [0.1, 0.15) is 45.1 Å². The van der Waals surface area contributed by atoms with Crippen LogP contribution in [0.3, 0.4) is 0 Å². The molecule has 15 heavy (non-hydrogen) atoms. The van der Waals surface area contributed by atoms with E-state index in [9.17, 15) is 0 Å². The summed E-state index contributed by atoms with van der Waals surface area (Å²) in [5, 5.41) is 4.27. The van der Waals surface area contributed by atoms with Crippen molar-refractivity contribution in [3.8, 4) is 0 Å². The zero-order valence-electron chi connectivity index (χ0n) is 9.75. The molecule has 0 N–H and O–H groups in total. The van der Waals surface area contributed by atoms with Crippen molar-refractivity contribution in [2.75, 3.05) is 0 Å². The van der Waals surface area contributed by atoms with Crippen molar-refractivity contribution in [3.63, 3.8) is 0 Å². The van der Waals surface area contributed by atoms with Crippen molar-refractivity contribution in [2.45, 2.75) is 57.3 Å². The zero-order valence-corrected chi connectivity index (χ0v) is 11.3. The first-order chi connectivity index (χ1) is 7.26. The lowest BCUT2D eigenvalue weighted by Crippen LogP contribution is -1.97. The summed E-state index contributed by atoms with van der Waals surface area (Å²) < 4.78 is 1.99. The molecule has 0 fully saturated rings. The molecular weight excluding hydrogens is 252 g/mol. The lowest BCUT2D eigenvalue weighted by Gasteiger charge is -2.06. The molecule has 0 aliphatic carbocycles. The van der Waals surface area contributed by atoms with E-state index in [1.807, 2.05) is 10.9 Å². The summed E-state index contributed by atoms with van der Waals surface area (Å²) in [5.74, 6) is 0. The number of nitrogens with zero attached hydrogens (tertiary/aromatic N) is 2. The van der Waals surface area contributed by atoms with Crippen molar-refractivity contribution >= 4 is 15.9 Å². The molecule has 0 aromatic carbocycles. The van der Waals surface area contributed by atoms with Crippen molar-refractivity contribution in [2.24, 2.45) is 0 Å². The Labute approximate surface area is 101 Å². The maximum absolute atomic E-state index is 4.27. The second kappa shape index (κ2) is 7.04. The third kappa shape index (κ3) is 4.83. The van der Waals surface area contributed by atoms with Crippen LogP contribution < -0.4 is 0 Å². The van der Waals surface area contributed by atoms with Gasteiger partial charge in [-0.3, -0.25) is 4.68 Å². The molecule has 3 heteroatoms. The van der Waals surface area contributed by atoms with E-state index in [1.54, 1.807) is 0 Å². The Morgan fingerprint density at radius 1 is 1.40 bits per heavy atom. The number of rotatable bonds is 7. The van der Waals surface area contributed by atoms with Crippen molar-refractivity contribution < 1.29 is 0 Å². The fraction of sp³-hybridized carbons (Fsp3) is 0.750. The Hall–Kier alpha value is -0.310. The molecule has 1 unspecified atom stereocenters. The van der Waals surface area contributed by atoms with Gasteiger partial charge in [0.2, 0.25) is 0 Å². The molecule has 1 aromatic heterocycles. The first-order valence-electron chi connectivity index (χ1n) is 5.91. The topological polar surface area (TPSA) is 17.8 Å². The van der Waals surface area contributed by atoms with E-state index in [0.717, 1.165) is 13.0 Å². The number of halogens is 1. The van der Waals surface area contributed by atoms with Gasteiger partial charge in [-0.05, 0) is 38.2 Å². The van der Waals surface area contributed by atoms with Crippen LogP contribution in [-0.4, -0.2) is 14.6 Å². The Bertz CT molecular complexity index is 270. The van der Waals surface area contributed by atoms with E-state index in [-0.39, 0.29) is 0 Å². The van der Waals surface area contributed by atoms with Crippen molar-refractivity contribution in [3.05, 3.63) is 18.0 Å². The number of hydrogen-bond acceptors (Lipinski definition) is 1. The minimum atomic E-state index is 0.698. The fourth-order valence-electron chi connectivity index (χ4n) is 1.69. The summed E-state index contributed by atoms with van der Waals surface area (Å²) in [7, 11) is 0. The Kier molecular flexibility index (Phi) is 5.99. The van der Waals surface area contributed by atoms with Gasteiger partial charge in [0.15, 0.2) is 0 Å². The molecule has 1 heterocycles. The van der Waals surface area contributed by atoms with Crippen LogP contribution in [0.15, 0.2) is 12.4 Å². The molecule has 2 nitrogen and oxygen atoms in total. The highest BCUT2D eigenvalue weighted by molar-refractivity contribution is 9.09. The SMILES string of the molecule is CCCC(Br)CCCc1cnn(CC)c1. The van der Waals surface area contributed by atoms with E-state index in [0.29, 0.717) is 4.83 Å². The van der Waals surface area contributed by atoms with Crippen LogP contribution >= 0.6 is 15.9 Å². The molecule has 0 amide bonds. The first kappa shape index (κ1) is 12.8. The van der Waals surface area contributed by atoms with Gasteiger partial charge in [-0.1, -0.05) is 29.3 Å². The normalized spacial score (nSPS) is 13.0. The highest BCUT2D eigenvalue weighted by Crippen LogP contribution is 2.16. The quantitative estimate of drug-likeness (QED) is 0.691. The molecule has 0 aliphatic rings. The number of aromatic nitrogens is 2. The molecular formula is C12H21BrN2. The second-order valence-corrected chi connectivity index (χ2v) is 5.28. The number of alkyl halides is 1. The van der Waals surface area contributed by atoms with Gasteiger partial charge in [0.25, 0.3) is 0 Å². The predicted octanol–water partition coefficient (Wildman–Crippen LogP) is 3.79. The molecule has 0 saturated heterocycles. The van der Waals surface area contributed by atoms with Gasteiger partial charge in [-0.25, -0.2) is 0 Å². The van der Waals surface area contributed by atoms with E-state index in [4.69, 9.17) is 0 Å². The van der Waals surface area contributed by atoms with Gasteiger partial charge in [0.1, 0.15) is 0 Å². The Morgan fingerprint density at radius 2 is 2.20 bits per heavy atom. The van der Waals surface area contributed by atoms with Gasteiger partial charge < -0.3 is 0 Å². The van der Waals surface area contributed by atoms with E-state index < -0.39 is 0 Å². The Morgan fingerprint density at radius 3 is 2.80 bits per heavy atom. The summed E-state index contributed by atoms with van der Waals surface area (Å²) in [6, 6.07) is 0. The molecule has 0 aliphatic heterocycles. The lowest BCUT2D eigenvalue weighted by atomic mass is 10.1. The summed E-state index contributed by atoms with van der Waals surface area (Å²) >= 11 is 3.71. The smallest absolute Gasteiger partial charge is 0.0521 e. The van der Waals surface area contributed by atoms with Crippen molar-refractivity contribution in [1.29, 1.82) is 0 Å². The lowest BCUT2D eigenvalue weighted by molar-refractivity contribution is 0.649. The molecule has 1 aromatic rings. The van der Waals surface area contributed by atoms with Gasteiger partial charge in [0, 0.05) is 17.6 Å². The number of aryl methyl sites for hydroxylation is 2. The highest BCUT2D eigenvalue weighted by Gasteiger charge is 2.03. The summed E-state index contributed by atoms with van der Waals surface area (Å²) in [5.41, 5.74) is 1.37. The summed E-state index contributed by atoms with van der Waals surface area (Å²) in [6.45, 7) is 5.32. The molecule has 0 saturated carbocycles. The standard InChI is InChI=1S/C12H21BrN2/c1-3-6-12(13)8-5-7-11-9-14-15(4-2)10-11/h9-10,12H,3-8H2,1-2H3. The molecule has 0 spiro atoms. The minimum Gasteiger partial charge on any atom is -0.273 e. The van der Waals surface area contributed by atoms with Crippen LogP contribution in [0.4, 0.5) is 0 Å².